The van der Waals surface area contributed by atoms with Gasteiger partial charge >= 0.3 is 0 Å². The van der Waals surface area contributed by atoms with E-state index in [1.54, 1.807) is 0 Å². The van der Waals surface area contributed by atoms with Crippen LogP contribution in [0.15, 0.2) is 93.4 Å². The number of nitrogens with zero attached hydrogens (tertiary/aromatic N) is 1. The van der Waals surface area contributed by atoms with Gasteiger partial charge in [-0.15, -0.1) is 0 Å². The number of hydrogen-bond acceptors (Lipinski definition) is 1. The first-order valence-electron chi connectivity index (χ1n) is 7.87. The second-order valence-corrected chi connectivity index (χ2v) is 7.27. The summed E-state index contributed by atoms with van der Waals surface area (Å²) in [6.45, 7) is 0. The van der Waals surface area contributed by atoms with E-state index >= 15 is 0 Å². The Balaban J connectivity index is 1.84. The van der Waals surface area contributed by atoms with Crippen LogP contribution in [0, 0.1) is 5.92 Å². The van der Waals surface area contributed by atoms with Gasteiger partial charge in [0.2, 0.25) is 0 Å². The number of allylic oxidation sites excluding steroid dienone is 3. The van der Waals surface area contributed by atoms with Crippen molar-refractivity contribution in [1.82, 2.24) is 0 Å². The molecule has 0 fully saturated rings. The quantitative estimate of drug-likeness (QED) is 0.589. The molecule has 3 heteroatoms. The molecule has 4 rings (SSSR count). The molecular weight excluding hydrogens is 382 g/mol. The molecule has 1 aliphatic heterocycles. The van der Waals surface area contributed by atoms with Gasteiger partial charge in [-0.3, -0.25) is 4.99 Å². The Kier molecular flexibility index (Phi) is 4.26. The Morgan fingerprint density at radius 3 is 2.54 bits per heavy atom. The maximum atomic E-state index is 6.26. The van der Waals surface area contributed by atoms with E-state index in [0.29, 0.717) is 0 Å². The summed E-state index contributed by atoms with van der Waals surface area (Å²) in [7, 11) is 0. The standard InChI is InChI=1S/C21H15BrClN/c22-16-8-4-7-15(11-16)21-13-18(14-5-2-1-3-6-14)19-12-17(23)9-10-20(19)24-21/h1-13,19-20H. The Bertz CT molecular complexity index is 893. The lowest BCUT2D eigenvalue weighted by Gasteiger charge is -2.29. The number of aliphatic imine (C=N–C) groups is 1. The minimum absolute atomic E-state index is 0.0849. The van der Waals surface area contributed by atoms with Crippen molar-refractivity contribution in [1.29, 1.82) is 0 Å². The van der Waals surface area contributed by atoms with Crippen LogP contribution in [0.2, 0.25) is 0 Å². The van der Waals surface area contributed by atoms with E-state index in [2.05, 4.69) is 70.6 Å². The molecule has 0 N–H and O–H groups in total. The average Bonchev–Trinajstić information content (AvgIpc) is 2.61. The second-order valence-electron chi connectivity index (χ2n) is 5.92. The van der Waals surface area contributed by atoms with E-state index in [0.717, 1.165) is 20.8 Å². The molecule has 2 aromatic carbocycles. The molecule has 1 aliphatic carbocycles. The fraction of sp³-hybridized carbons (Fsp3) is 0.0952. The second kappa shape index (κ2) is 6.54. The molecular formula is C21H15BrClN. The van der Waals surface area contributed by atoms with E-state index in [4.69, 9.17) is 16.6 Å². The average molecular weight is 397 g/mol. The molecule has 0 spiro atoms. The van der Waals surface area contributed by atoms with E-state index < -0.39 is 0 Å². The van der Waals surface area contributed by atoms with Crippen molar-refractivity contribution in [2.24, 2.45) is 10.9 Å². The van der Waals surface area contributed by atoms with Gasteiger partial charge in [0.1, 0.15) is 0 Å². The lowest BCUT2D eigenvalue weighted by molar-refractivity contribution is 0.695. The Morgan fingerprint density at radius 1 is 0.958 bits per heavy atom. The molecule has 2 unspecified atom stereocenters. The summed E-state index contributed by atoms with van der Waals surface area (Å²) in [4.78, 5) is 4.95. The largest absolute Gasteiger partial charge is 0.276 e. The van der Waals surface area contributed by atoms with Crippen molar-refractivity contribution in [2.45, 2.75) is 6.04 Å². The van der Waals surface area contributed by atoms with Crippen LogP contribution in [0.25, 0.3) is 5.57 Å². The van der Waals surface area contributed by atoms with Crippen LogP contribution in [-0.2, 0) is 0 Å². The number of dihydropyridines is 1. The summed E-state index contributed by atoms with van der Waals surface area (Å²) in [5, 5.41) is 0.777. The molecule has 0 radical (unpaired) electrons. The zero-order valence-electron chi connectivity index (χ0n) is 12.9. The predicted molar refractivity (Wildman–Crippen MR) is 105 cm³/mol. The SMILES string of the molecule is ClC1=CC2C(c3ccccc3)=CC(c3cccc(Br)c3)=NC2C=C1. The van der Waals surface area contributed by atoms with Gasteiger partial charge in [0.15, 0.2) is 0 Å². The lowest BCUT2D eigenvalue weighted by atomic mass is 9.81. The zero-order valence-corrected chi connectivity index (χ0v) is 15.2. The Morgan fingerprint density at radius 2 is 1.75 bits per heavy atom. The molecule has 0 bridgehead atoms. The highest BCUT2D eigenvalue weighted by molar-refractivity contribution is 9.10. The molecule has 0 amide bonds. The van der Waals surface area contributed by atoms with Crippen molar-refractivity contribution >= 4 is 38.8 Å². The van der Waals surface area contributed by atoms with Crippen LogP contribution in [0.4, 0.5) is 0 Å². The van der Waals surface area contributed by atoms with Crippen LogP contribution in [-0.4, -0.2) is 11.8 Å². The molecule has 2 aromatic rings. The van der Waals surface area contributed by atoms with Crippen molar-refractivity contribution in [3.05, 3.63) is 99.5 Å². The van der Waals surface area contributed by atoms with Gasteiger partial charge in [-0.1, -0.05) is 82.1 Å². The van der Waals surface area contributed by atoms with Gasteiger partial charge in [-0.25, -0.2) is 0 Å². The summed E-state index contributed by atoms with van der Waals surface area (Å²) in [5.74, 6) is 0.181. The predicted octanol–water partition coefficient (Wildman–Crippen LogP) is 6.01. The first-order chi connectivity index (χ1) is 11.7. The summed E-state index contributed by atoms with van der Waals surface area (Å²) in [5.41, 5.74) is 4.59. The van der Waals surface area contributed by atoms with E-state index in [1.807, 2.05) is 24.3 Å². The Hall–Kier alpha value is -1.90. The molecule has 1 nitrogen and oxygen atoms in total. The first-order valence-corrected chi connectivity index (χ1v) is 9.04. The molecule has 1 heterocycles. The highest BCUT2D eigenvalue weighted by Gasteiger charge is 2.29. The normalized spacial score (nSPS) is 22.3. The summed E-state index contributed by atoms with van der Waals surface area (Å²) in [6, 6.07) is 18.8. The number of halogens is 2. The molecule has 0 aromatic heterocycles. The van der Waals surface area contributed by atoms with Crippen molar-refractivity contribution in [3.63, 3.8) is 0 Å². The highest BCUT2D eigenvalue weighted by atomic mass is 79.9. The lowest BCUT2D eigenvalue weighted by Crippen LogP contribution is -2.25. The first kappa shape index (κ1) is 15.6. The van der Waals surface area contributed by atoms with E-state index in [-0.39, 0.29) is 12.0 Å². The third-order valence-corrected chi connectivity index (χ3v) is 5.07. The molecule has 2 aliphatic rings. The van der Waals surface area contributed by atoms with Crippen LogP contribution in [0.3, 0.4) is 0 Å². The summed E-state index contributed by atoms with van der Waals surface area (Å²) >= 11 is 9.80. The number of fused-ring (bicyclic) bond motifs is 1. The van der Waals surface area contributed by atoms with Gasteiger partial charge in [-0.05, 0) is 35.4 Å². The third kappa shape index (κ3) is 3.04. The maximum absolute atomic E-state index is 6.26. The molecule has 118 valence electrons. The van der Waals surface area contributed by atoms with Crippen LogP contribution < -0.4 is 0 Å². The Labute approximate surface area is 155 Å². The molecule has 24 heavy (non-hydrogen) atoms. The van der Waals surface area contributed by atoms with Crippen molar-refractivity contribution in [3.8, 4) is 0 Å². The highest BCUT2D eigenvalue weighted by Crippen LogP contribution is 2.37. The topological polar surface area (TPSA) is 12.4 Å². The van der Waals surface area contributed by atoms with Gasteiger partial charge in [0.05, 0.1) is 11.8 Å². The summed E-state index contributed by atoms with van der Waals surface area (Å²) in [6.07, 6.45) is 8.34. The molecule has 2 atom stereocenters. The van der Waals surface area contributed by atoms with Gasteiger partial charge in [-0.2, -0.15) is 0 Å². The minimum Gasteiger partial charge on any atom is -0.276 e. The van der Waals surface area contributed by atoms with Gasteiger partial charge < -0.3 is 0 Å². The number of hydrogen-bond donors (Lipinski definition) is 0. The number of rotatable bonds is 2. The van der Waals surface area contributed by atoms with Crippen molar-refractivity contribution in [2.75, 3.05) is 0 Å². The zero-order chi connectivity index (χ0) is 16.5. The molecule has 0 saturated heterocycles. The van der Waals surface area contributed by atoms with Gasteiger partial charge in [0.25, 0.3) is 0 Å². The smallest absolute Gasteiger partial charge is 0.0794 e. The summed E-state index contributed by atoms with van der Waals surface area (Å²) < 4.78 is 1.06. The van der Waals surface area contributed by atoms with Crippen LogP contribution in [0.5, 0.6) is 0 Å². The third-order valence-electron chi connectivity index (χ3n) is 4.33. The van der Waals surface area contributed by atoms with Crippen molar-refractivity contribution < 1.29 is 0 Å². The van der Waals surface area contributed by atoms with Gasteiger partial charge in [0, 0.05) is 21.0 Å². The van der Waals surface area contributed by atoms with E-state index in [1.165, 1.54) is 11.1 Å². The monoisotopic (exact) mass is 395 g/mol. The fourth-order valence-electron chi connectivity index (χ4n) is 3.19. The fourth-order valence-corrected chi connectivity index (χ4v) is 3.79. The molecule has 0 saturated carbocycles. The van der Waals surface area contributed by atoms with E-state index in [9.17, 15) is 0 Å². The number of benzene rings is 2. The van der Waals surface area contributed by atoms with Crippen LogP contribution >= 0.6 is 27.5 Å². The van der Waals surface area contributed by atoms with Crippen LogP contribution in [0.1, 0.15) is 11.1 Å². The maximum Gasteiger partial charge on any atom is 0.0794 e. The minimum atomic E-state index is 0.0849.